The predicted molar refractivity (Wildman–Crippen MR) is 65.5 cm³/mol. The van der Waals surface area contributed by atoms with Crippen molar-refractivity contribution in [2.75, 3.05) is 5.32 Å². The quantitative estimate of drug-likeness (QED) is 0.903. The Kier molecular flexibility index (Phi) is 3.69. The Morgan fingerprint density at radius 2 is 1.90 bits per heavy atom. The number of halogens is 2. The predicted octanol–water partition coefficient (Wildman–Crippen LogP) is 2.31. The maximum Gasteiger partial charge on any atom is 0.354 e. The Labute approximate surface area is 111 Å². The molecule has 0 saturated heterocycles. The molecule has 0 bridgehead atoms. The SMILES string of the molecule is O=C(Nc1ccc(F)cc1F)c1ccc(C(=O)O)nc1. The number of hydrogen-bond donors (Lipinski definition) is 2. The summed E-state index contributed by atoms with van der Waals surface area (Å²) >= 11 is 0. The van der Waals surface area contributed by atoms with Gasteiger partial charge in [-0.05, 0) is 24.3 Å². The maximum absolute atomic E-state index is 13.3. The lowest BCUT2D eigenvalue weighted by atomic mass is 10.2. The molecule has 0 aliphatic heterocycles. The van der Waals surface area contributed by atoms with Crippen LogP contribution < -0.4 is 5.32 Å². The van der Waals surface area contributed by atoms with Crippen LogP contribution in [0.2, 0.25) is 0 Å². The second-order valence-electron chi connectivity index (χ2n) is 3.82. The molecule has 0 saturated carbocycles. The van der Waals surface area contributed by atoms with Crippen molar-refractivity contribution in [1.82, 2.24) is 4.98 Å². The number of pyridine rings is 1. The van der Waals surface area contributed by atoms with E-state index in [0.717, 1.165) is 24.4 Å². The largest absolute Gasteiger partial charge is 0.477 e. The molecule has 1 heterocycles. The first-order valence-electron chi connectivity index (χ1n) is 5.43. The van der Waals surface area contributed by atoms with Crippen LogP contribution in [0.1, 0.15) is 20.8 Å². The fraction of sp³-hybridized carbons (Fsp3) is 0. The number of amides is 1. The van der Waals surface area contributed by atoms with Gasteiger partial charge < -0.3 is 10.4 Å². The van der Waals surface area contributed by atoms with E-state index in [4.69, 9.17) is 5.11 Å². The fourth-order valence-corrected chi connectivity index (χ4v) is 1.44. The normalized spacial score (nSPS) is 10.1. The number of benzene rings is 1. The summed E-state index contributed by atoms with van der Waals surface area (Å²) in [5.74, 6) is -3.57. The molecule has 1 aromatic heterocycles. The molecular weight excluding hydrogens is 270 g/mol. The molecule has 0 fully saturated rings. The van der Waals surface area contributed by atoms with Gasteiger partial charge in [-0.15, -0.1) is 0 Å². The zero-order valence-corrected chi connectivity index (χ0v) is 9.93. The molecule has 7 heteroatoms. The van der Waals surface area contributed by atoms with Crippen molar-refractivity contribution in [3.63, 3.8) is 0 Å². The van der Waals surface area contributed by atoms with E-state index in [1.165, 1.54) is 6.07 Å². The molecule has 2 aromatic rings. The van der Waals surface area contributed by atoms with Gasteiger partial charge in [0, 0.05) is 12.3 Å². The molecule has 5 nitrogen and oxygen atoms in total. The molecule has 2 rings (SSSR count). The first-order valence-corrected chi connectivity index (χ1v) is 5.43. The number of carboxylic acids is 1. The third kappa shape index (κ3) is 2.94. The molecule has 0 aliphatic carbocycles. The fourth-order valence-electron chi connectivity index (χ4n) is 1.44. The third-order valence-corrected chi connectivity index (χ3v) is 2.42. The van der Waals surface area contributed by atoms with Crippen LogP contribution in [0.3, 0.4) is 0 Å². The molecule has 0 spiro atoms. The second-order valence-corrected chi connectivity index (χ2v) is 3.82. The highest BCUT2D eigenvalue weighted by molar-refractivity contribution is 6.04. The second kappa shape index (κ2) is 5.43. The van der Waals surface area contributed by atoms with Crippen molar-refractivity contribution < 1.29 is 23.5 Å². The highest BCUT2D eigenvalue weighted by atomic mass is 19.1. The van der Waals surface area contributed by atoms with E-state index in [0.29, 0.717) is 6.07 Å². The molecule has 0 unspecified atom stereocenters. The summed E-state index contributed by atoms with van der Waals surface area (Å²) in [6, 6.07) is 5.12. The monoisotopic (exact) mass is 278 g/mol. The summed E-state index contributed by atoms with van der Waals surface area (Å²) in [4.78, 5) is 25.9. The number of aromatic nitrogens is 1. The minimum atomic E-state index is -1.22. The van der Waals surface area contributed by atoms with Crippen molar-refractivity contribution in [1.29, 1.82) is 0 Å². The van der Waals surface area contributed by atoms with Crippen molar-refractivity contribution in [2.45, 2.75) is 0 Å². The van der Waals surface area contributed by atoms with E-state index in [9.17, 15) is 18.4 Å². The number of nitrogens with zero attached hydrogens (tertiary/aromatic N) is 1. The topological polar surface area (TPSA) is 79.3 Å². The van der Waals surface area contributed by atoms with E-state index in [1.807, 2.05) is 0 Å². The number of carbonyl (C=O) groups excluding carboxylic acids is 1. The van der Waals surface area contributed by atoms with Crippen molar-refractivity contribution >= 4 is 17.6 Å². The lowest BCUT2D eigenvalue weighted by Gasteiger charge is -2.06. The van der Waals surface area contributed by atoms with Gasteiger partial charge in [-0.25, -0.2) is 18.6 Å². The summed E-state index contributed by atoms with van der Waals surface area (Å²) in [6.45, 7) is 0. The summed E-state index contributed by atoms with van der Waals surface area (Å²) in [5.41, 5.74) is -0.341. The van der Waals surface area contributed by atoms with Crippen LogP contribution in [-0.4, -0.2) is 22.0 Å². The van der Waals surface area contributed by atoms with Gasteiger partial charge in [-0.1, -0.05) is 0 Å². The standard InChI is InChI=1S/C13H8F2N2O3/c14-8-2-4-10(9(15)5-8)17-12(18)7-1-3-11(13(19)20)16-6-7/h1-6H,(H,17,18)(H,19,20). The van der Waals surface area contributed by atoms with E-state index >= 15 is 0 Å². The van der Waals surface area contributed by atoms with Crippen LogP contribution in [0.15, 0.2) is 36.5 Å². The van der Waals surface area contributed by atoms with E-state index in [-0.39, 0.29) is 16.9 Å². The number of nitrogens with one attached hydrogen (secondary N) is 1. The molecular formula is C13H8F2N2O3. The van der Waals surface area contributed by atoms with Crippen molar-refractivity contribution in [2.24, 2.45) is 0 Å². The molecule has 1 aromatic carbocycles. The Morgan fingerprint density at radius 3 is 2.45 bits per heavy atom. The average molecular weight is 278 g/mol. The molecule has 0 aliphatic rings. The Balaban J connectivity index is 2.17. The summed E-state index contributed by atoms with van der Waals surface area (Å²) in [7, 11) is 0. The molecule has 102 valence electrons. The highest BCUT2D eigenvalue weighted by Gasteiger charge is 2.11. The lowest BCUT2D eigenvalue weighted by molar-refractivity contribution is 0.0690. The summed E-state index contributed by atoms with van der Waals surface area (Å²) < 4.78 is 26.1. The molecule has 2 N–H and O–H groups in total. The minimum absolute atomic E-state index is 0.0544. The van der Waals surface area contributed by atoms with Gasteiger partial charge in [0.25, 0.3) is 5.91 Å². The zero-order chi connectivity index (χ0) is 14.7. The van der Waals surface area contributed by atoms with Gasteiger partial charge in [0.2, 0.25) is 0 Å². The Hall–Kier alpha value is -2.83. The number of carboxylic acid groups (broad SMARTS) is 1. The number of rotatable bonds is 3. The summed E-state index contributed by atoms with van der Waals surface area (Å²) in [5, 5.41) is 10.9. The van der Waals surface area contributed by atoms with Crippen molar-refractivity contribution in [3.05, 3.63) is 59.4 Å². The number of anilines is 1. The molecule has 1 amide bonds. The van der Waals surface area contributed by atoms with Crippen molar-refractivity contribution in [3.8, 4) is 0 Å². The number of aromatic carboxylic acids is 1. The number of hydrogen-bond acceptors (Lipinski definition) is 3. The zero-order valence-electron chi connectivity index (χ0n) is 9.93. The van der Waals surface area contributed by atoms with E-state index in [2.05, 4.69) is 10.3 Å². The van der Waals surface area contributed by atoms with Crippen LogP contribution in [0.4, 0.5) is 14.5 Å². The first-order chi connectivity index (χ1) is 9.47. The van der Waals surface area contributed by atoms with Crippen LogP contribution >= 0.6 is 0 Å². The van der Waals surface area contributed by atoms with E-state index < -0.39 is 23.5 Å². The average Bonchev–Trinajstić information content (AvgIpc) is 2.42. The Bertz CT molecular complexity index is 672. The first kappa shape index (κ1) is 13.6. The number of carbonyl (C=O) groups is 2. The smallest absolute Gasteiger partial charge is 0.354 e. The molecule has 0 atom stereocenters. The lowest BCUT2D eigenvalue weighted by Crippen LogP contribution is -2.14. The van der Waals surface area contributed by atoms with Gasteiger partial charge in [0.05, 0.1) is 11.3 Å². The van der Waals surface area contributed by atoms with Crippen LogP contribution in [-0.2, 0) is 0 Å². The molecule has 0 radical (unpaired) electrons. The van der Waals surface area contributed by atoms with Crippen LogP contribution in [0, 0.1) is 11.6 Å². The third-order valence-electron chi connectivity index (χ3n) is 2.42. The van der Waals surface area contributed by atoms with Gasteiger partial charge in [0.1, 0.15) is 17.3 Å². The van der Waals surface area contributed by atoms with Gasteiger partial charge >= 0.3 is 5.97 Å². The minimum Gasteiger partial charge on any atom is -0.477 e. The van der Waals surface area contributed by atoms with Gasteiger partial charge in [0.15, 0.2) is 0 Å². The van der Waals surface area contributed by atoms with Gasteiger partial charge in [-0.3, -0.25) is 4.79 Å². The summed E-state index contributed by atoms with van der Waals surface area (Å²) in [6.07, 6.45) is 1.06. The maximum atomic E-state index is 13.3. The van der Waals surface area contributed by atoms with Crippen LogP contribution in [0.25, 0.3) is 0 Å². The highest BCUT2D eigenvalue weighted by Crippen LogP contribution is 2.16. The Morgan fingerprint density at radius 1 is 1.15 bits per heavy atom. The van der Waals surface area contributed by atoms with Crippen LogP contribution in [0.5, 0.6) is 0 Å². The van der Waals surface area contributed by atoms with Gasteiger partial charge in [-0.2, -0.15) is 0 Å². The molecule has 20 heavy (non-hydrogen) atoms. The van der Waals surface area contributed by atoms with E-state index in [1.54, 1.807) is 0 Å².